The average Bonchev–Trinajstić information content (AvgIpc) is 3.23. The van der Waals surface area contributed by atoms with E-state index >= 15 is 0 Å². The highest BCUT2D eigenvalue weighted by Gasteiger charge is 2.32. The summed E-state index contributed by atoms with van der Waals surface area (Å²) in [6.45, 7) is 3.96. The van der Waals surface area contributed by atoms with Crippen LogP contribution in [0.5, 0.6) is 0 Å². The molecule has 0 radical (unpaired) electrons. The number of nitrogens with zero attached hydrogens (tertiary/aromatic N) is 1. The van der Waals surface area contributed by atoms with Crippen molar-refractivity contribution < 1.29 is 4.74 Å². The van der Waals surface area contributed by atoms with Crippen molar-refractivity contribution in [2.45, 2.75) is 31.1 Å². The van der Waals surface area contributed by atoms with Crippen LogP contribution in [0.25, 0.3) is 0 Å². The number of benzene rings is 1. The summed E-state index contributed by atoms with van der Waals surface area (Å²) < 4.78 is 5.24. The number of alkyl halides is 1. The van der Waals surface area contributed by atoms with Crippen LogP contribution in [-0.2, 0) is 10.1 Å². The fourth-order valence-corrected chi connectivity index (χ4v) is 3.31. The Kier molecular flexibility index (Phi) is 5.55. The number of methoxy groups -OCH3 is 1. The van der Waals surface area contributed by atoms with Crippen LogP contribution in [0.2, 0.25) is 5.02 Å². The molecule has 0 heterocycles. The van der Waals surface area contributed by atoms with Crippen molar-refractivity contribution in [1.29, 1.82) is 0 Å². The van der Waals surface area contributed by atoms with Gasteiger partial charge in [0, 0.05) is 35.7 Å². The molecule has 1 aliphatic carbocycles. The van der Waals surface area contributed by atoms with E-state index in [1.54, 1.807) is 7.11 Å². The lowest BCUT2D eigenvalue weighted by atomic mass is 10.1. The molecule has 0 aliphatic heterocycles. The van der Waals surface area contributed by atoms with Crippen LogP contribution in [0.1, 0.15) is 25.3 Å². The van der Waals surface area contributed by atoms with Crippen LogP contribution >= 0.6 is 27.5 Å². The zero-order valence-electron chi connectivity index (χ0n) is 11.5. The highest BCUT2D eigenvalue weighted by Crippen LogP contribution is 2.37. The lowest BCUT2D eigenvalue weighted by Crippen LogP contribution is -2.37. The summed E-state index contributed by atoms with van der Waals surface area (Å²) in [5.41, 5.74) is 2.34. The Labute approximate surface area is 129 Å². The Morgan fingerprint density at radius 1 is 1.47 bits per heavy atom. The number of ether oxygens (including phenoxy) is 1. The molecule has 1 unspecified atom stereocenters. The number of hydrogen-bond acceptors (Lipinski definition) is 2. The van der Waals surface area contributed by atoms with Crippen molar-refractivity contribution in [3.8, 4) is 0 Å². The first-order valence-electron chi connectivity index (χ1n) is 6.77. The summed E-state index contributed by atoms with van der Waals surface area (Å²) in [6.07, 6.45) is 2.69. The lowest BCUT2D eigenvalue weighted by Gasteiger charge is -2.31. The van der Waals surface area contributed by atoms with Crippen molar-refractivity contribution in [2.24, 2.45) is 5.92 Å². The largest absolute Gasteiger partial charge is 0.383 e. The molecule has 1 saturated carbocycles. The number of anilines is 1. The van der Waals surface area contributed by atoms with E-state index in [0.717, 1.165) is 35.0 Å². The summed E-state index contributed by atoms with van der Waals surface area (Å²) in [6, 6.07) is 6.90. The first kappa shape index (κ1) is 15.1. The van der Waals surface area contributed by atoms with Crippen LogP contribution in [0, 0.1) is 5.92 Å². The van der Waals surface area contributed by atoms with E-state index in [1.807, 2.05) is 0 Å². The Morgan fingerprint density at radius 3 is 2.74 bits per heavy atom. The molecule has 1 atom stereocenters. The molecule has 0 spiro atoms. The summed E-state index contributed by atoms with van der Waals surface area (Å²) in [4.78, 5) is 2.42. The van der Waals surface area contributed by atoms with Gasteiger partial charge in [0.25, 0.3) is 0 Å². The van der Waals surface area contributed by atoms with E-state index in [-0.39, 0.29) is 0 Å². The number of hydrogen-bond donors (Lipinski definition) is 0. The van der Waals surface area contributed by atoms with Crippen LogP contribution in [-0.4, -0.2) is 26.3 Å². The molecule has 106 valence electrons. The van der Waals surface area contributed by atoms with Crippen LogP contribution < -0.4 is 4.90 Å². The molecule has 19 heavy (non-hydrogen) atoms. The SMILES string of the molecule is COCCN(c1ccc(CBr)c(Cl)c1)C(C)C1CC1. The zero-order chi connectivity index (χ0) is 13.8. The van der Waals surface area contributed by atoms with Gasteiger partial charge in [-0.2, -0.15) is 0 Å². The molecule has 0 bridgehead atoms. The molecule has 2 rings (SSSR count). The molecule has 0 aromatic heterocycles. The highest BCUT2D eigenvalue weighted by molar-refractivity contribution is 9.08. The first-order valence-corrected chi connectivity index (χ1v) is 8.27. The summed E-state index contributed by atoms with van der Waals surface area (Å²) in [5.74, 6) is 0.825. The molecule has 0 amide bonds. The Balaban J connectivity index is 2.18. The van der Waals surface area contributed by atoms with Gasteiger partial charge in [0.15, 0.2) is 0 Å². The first-order chi connectivity index (χ1) is 9.17. The fraction of sp³-hybridized carbons (Fsp3) is 0.600. The summed E-state index contributed by atoms with van der Waals surface area (Å²) in [7, 11) is 1.75. The maximum Gasteiger partial charge on any atom is 0.0637 e. The van der Waals surface area contributed by atoms with Gasteiger partial charge in [0.05, 0.1) is 6.61 Å². The molecule has 2 nitrogen and oxygen atoms in total. The van der Waals surface area contributed by atoms with Gasteiger partial charge in [0.2, 0.25) is 0 Å². The van der Waals surface area contributed by atoms with Crippen molar-refractivity contribution in [3.63, 3.8) is 0 Å². The molecule has 1 aromatic carbocycles. The third-order valence-corrected chi connectivity index (χ3v) is 4.80. The molecule has 0 N–H and O–H groups in total. The van der Waals surface area contributed by atoms with E-state index in [1.165, 1.54) is 18.5 Å². The second-order valence-corrected chi connectivity index (χ2v) is 6.14. The van der Waals surface area contributed by atoms with Gasteiger partial charge in [-0.05, 0) is 43.4 Å². The second kappa shape index (κ2) is 6.96. The Bertz CT molecular complexity index is 423. The van der Waals surface area contributed by atoms with Crippen LogP contribution in [0.3, 0.4) is 0 Å². The van der Waals surface area contributed by atoms with E-state index in [2.05, 4.69) is 46.0 Å². The molecule has 1 fully saturated rings. The molecule has 1 aromatic rings. The van der Waals surface area contributed by atoms with E-state index < -0.39 is 0 Å². The lowest BCUT2D eigenvalue weighted by molar-refractivity contribution is 0.202. The number of halogens is 2. The predicted octanol–water partition coefficient (Wildman–Crippen LogP) is 4.49. The van der Waals surface area contributed by atoms with Gasteiger partial charge in [-0.15, -0.1) is 0 Å². The van der Waals surface area contributed by atoms with Gasteiger partial charge < -0.3 is 9.64 Å². The minimum Gasteiger partial charge on any atom is -0.383 e. The predicted molar refractivity (Wildman–Crippen MR) is 85.5 cm³/mol. The average molecular weight is 347 g/mol. The minimum absolute atomic E-state index is 0.557. The number of rotatable bonds is 7. The Hall–Kier alpha value is -0.250. The topological polar surface area (TPSA) is 12.5 Å². The summed E-state index contributed by atoms with van der Waals surface area (Å²) in [5, 5.41) is 1.63. The van der Waals surface area contributed by atoms with Crippen molar-refractivity contribution in [2.75, 3.05) is 25.2 Å². The van der Waals surface area contributed by atoms with Crippen molar-refractivity contribution >= 4 is 33.2 Å². The Morgan fingerprint density at radius 2 is 2.21 bits per heavy atom. The van der Waals surface area contributed by atoms with Gasteiger partial charge in [0.1, 0.15) is 0 Å². The zero-order valence-corrected chi connectivity index (χ0v) is 13.9. The van der Waals surface area contributed by atoms with E-state index in [4.69, 9.17) is 16.3 Å². The quantitative estimate of drug-likeness (QED) is 0.675. The standard InChI is InChI=1S/C15H21BrClNO/c1-11(12-3-4-12)18(7-8-19-2)14-6-5-13(10-16)15(17)9-14/h5-6,9,11-12H,3-4,7-8,10H2,1-2H3. The van der Waals surface area contributed by atoms with Crippen LogP contribution in [0.15, 0.2) is 18.2 Å². The second-order valence-electron chi connectivity index (χ2n) is 5.17. The van der Waals surface area contributed by atoms with Crippen molar-refractivity contribution in [1.82, 2.24) is 0 Å². The third kappa shape index (κ3) is 3.87. The highest BCUT2D eigenvalue weighted by atomic mass is 79.9. The fourth-order valence-electron chi connectivity index (χ4n) is 2.41. The van der Waals surface area contributed by atoms with Gasteiger partial charge >= 0.3 is 0 Å². The monoisotopic (exact) mass is 345 g/mol. The minimum atomic E-state index is 0.557. The maximum absolute atomic E-state index is 6.32. The summed E-state index contributed by atoms with van der Waals surface area (Å²) >= 11 is 9.78. The van der Waals surface area contributed by atoms with Gasteiger partial charge in [-0.25, -0.2) is 0 Å². The van der Waals surface area contributed by atoms with Gasteiger partial charge in [-0.1, -0.05) is 33.6 Å². The van der Waals surface area contributed by atoms with E-state index in [0.29, 0.717) is 6.04 Å². The third-order valence-electron chi connectivity index (χ3n) is 3.84. The van der Waals surface area contributed by atoms with Crippen molar-refractivity contribution in [3.05, 3.63) is 28.8 Å². The van der Waals surface area contributed by atoms with Gasteiger partial charge in [-0.3, -0.25) is 0 Å². The maximum atomic E-state index is 6.32. The van der Waals surface area contributed by atoms with E-state index in [9.17, 15) is 0 Å². The smallest absolute Gasteiger partial charge is 0.0637 e. The molecule has 1 aliphatic rings. The molecule has 0 saturated heterocycles. The molecular weight excluding hydrogens is 326 g/mol. The normalized spacial score (nSPS) is 16.4. The van der Waals surface area contributed by atoms with Crippen LogP contribution in [0.4, 0.5) is 5.69 Å². The molecular formula is C15H21BrClNO. The molecule has 4 heteroatoms.